The Bertz CT molecular complexity index is 778. The van der Waals surface area contributed by atoms with Crippen molar-refractivity contribution in [3.8, 4) is 0 Å². The number of anilines is 1. The zero-order valence-electron chi connectivity index (χ0n) is 12.3. The van der Waals surface area contributed by atoms with E-state index in [-0.39, 0.29) is 5.78 Å². The van der Waals surface area contributed by atoms with E-state index in [0.717, 1.165) is 24.1 Å². The Kier molecular flexibility index (Phi) is 3.19. The van der Waals surface area contributed by atoms with Crippen LogP contribution in [0.3, 0.4) is 0 Å². The summed E-state index contributed by atoms with van der Waals surface area (Å²) in [5.41, 5.74) is 2.61. The molecule has 1 saturated heterocycles. The lowest BCUT2D eigenvalue weighted by atomic mass is 10.1. The van der Waals surface area contributed by atoms with E-state index >= 15 is 0 Å². The van der Waals surface area contributed by atoms with E-state index in [1.165, 1.54) is 18.5 Å². The van der Waals surface area contributed by atoms with Gasteiger partial charge in [-0.3, -0.25) is 4.79 Å². The van der Waals surface area contributed by atoms with Gasteiger partial charge in [-0.15, -0.1) is 0 Å². The molecule has 0 aliphatic carbocycles. The van der Waals surface area contributed by atoms with Crippen LogP contribution in [-0.4, -0.2) is 18.9 Å². The molecule has 0 unspecified atom stereocenters. The first-order valence-electron chi connectivity index (χ1n) is 7.69. The number of hydrogen-bond acceptors (Lipinski definition) is 3. The molecule has 3 nitrogen and oxygen atoms in total. The van der Waals surface area contributed by atoms with Gasteiger partial charge in [0.15, 0.2) is 5.76 Å². The highest BCUT2D eigenvalue weighted by molar-refractivity contribution is 6.09. The van der Waals surface area contributed by atoms with Crippen molar-refractivity contribution >= 4 is 22.4 Å². The molecule has 1 aliphatic rings. The van der Waals surface area contributed by atoms with Gasteiger partial charge in [0, 0.05) is 29.7 Å². The van der Waals surface area contributed by atoms with Crippen LogP contribution >= 0.6 is 0 Å². The first-order chi connectivity index (χ1) is 10.8. The quantitative estimate of drug-likeness (QED) is 0.676. The second-order valence-corrected chi connectivity index (χ2v) is 5.72. The summed E-state index contributed by atoms with van der Waals surface area (Å²) in [6.45, 7) is 2.22. The molecule has 0 radical (unpaired) electrons. The number of nitrogens with zero attached hydrogens (tertiary/aromatic N) is 1. The predicted molar refractivity (Wildman–Crippen MR) is 87.5 cm³/mol. The number of fused-ring (bicyclic) bond motifs is 1. The molecule has 2 heterocycles. The highest BCUT2D eigenvalue weighted by Crippen LogP contribution is 2.24. The van der Waals surface area contributed by atoms with Crippen LogP contribution < -0.4 is 4.90 Å². The van der Waals surface area contributed by atoms with Gasteiger partial charge in [0.1, 0.15) is 5.58 Å². The van der Waals surface area contributed by atoms with Gasteiger partial charge in [0.25, 0.3) is 0 Å². The average Bonchev–Trinajstić information content (AvgIpc) is 3.23. The standard InChI is InChI=1S/C19H17NO2/c21-19(18-13-15-5-1-2-6-17(15)22-18)14-7-9-16(10-8-14)20-11-3-4-12-20/h1-2,5-10,13H,3-4,11-12H2. The van der Waals surface area contributed by atoms with Crippen molar-refractivity contribution in [2.45, 2.75) is 12.8 Å². The van der Waals surface area contributed by atoms with E-state index < -0.39 is 0 Å². The molecule has 0 amide bonds. The zero-order valence-corrected chi connectivity index (χ0v) is 12.3. The molecule has 3 heteroatoms. The summed E-state index contributed by atoms with van der Waals surface area (Å²) in [5, 5.41) is 0.958. The normalized spacial score (nSPS) is 14.6. The first kappa shape index (κ1) is 13.1. The maximum Gasteiger partial charge on any atom is 0.228 e. The maximum atomic E-state index is 12.5. The Labute approximate surface area is 129 Å². The monoisotopic (exact) mass is 291 g/mol. The van der Waals surface area contributed by atoms with E-state index in [9.17, 15) is 4.79 Å². The van der Waals surface area contributed by atoms with Crippen LogP contribution in [0.2, 0.25) is 0 Å². The lowest BCUT2D eigenvalue weighted by Gasteiger charge is -2.17. The number of carbonyl (C=O) groups is 1. The van der Waals surface area contributed by atoms with Gasteiger partial charge in [-0.25, -0.2) is 0 Å². The summed E-state index contributed by atoms with van der Waals surface area (Å²) >= 11 is 0. The summed E-state index contributed by atoms with van der Waals surface area (Å²) < 4.78 is 5.65. The van der Waals surface area contributed by atoms with Crippen molar-refractivity contribution in [2.75, 3.05) is 18.0 Å². The molecule has 0 saturated carbocycles. The average molecular weight is 291 g/mol. The molecular weight excluding hydrogens is 274 g/mol. The molecule has 2 aromatic carbocycles. The van der Waals surface area contributed by atoms with Crippen molar-refractivity contribution in [3.63, 3.8) is 0 Å². The van der Waals surface area contributed by atoms with Crippen molar-refractivity contribution < 1.29 is 9.21 Å². The molecule has 0 bridgehead atoms. The number of hydrogen-bond donors (Lipinski definition) is 0. The fourth-order valence-electron chi connectivity index (χ4n) is 3.03. The Morgan fingerprint density at radius 2 is 1.68 bits per heavy atom. The van der Waals surface area contributed by atoms with Crippen molar-refractivity contribution in [1.29, 1.82) is 0 Å². The number of benzene rings is 2. The van der Waals surface area contributed by atoms with Crippen LogP contribution in [0.15, 0.2) is 59.0 Å². The van der Waals surface area contributed by atoms with E-state index in [4.69, 9.17) is 4.42 Å². The molecule has 0 N–H and O–H groups in total. The third-order valence-electron chi connectivity index (χ3n) is 4.25. The van der Waals surface area contributed by atoms with E-state index in [2.05, 4.69) is 4.90 Å². The lowest BCUT2D eigenvalue weighted by Crippen LogP contribution is -2.17. The first-order valence-corrected chi connectivity index (χ1v) is 7.69. The summed E-state index contributed by atoms with van der Waals surface area (Å²) in [6, 6.07) is 17.3. The minimum absolute atomic E-state index is 0.0656. The van der Waals surface area contributed by atoms with Crippen molar-refractivity contribution in [2.24, 2.45) is 0 Å². The third-order valence-corrected chi connectivity index (χ3v) is 4.25. The number of furan rings is 1. The fraction of sp³-hybridized carbons (Fsp3) is 0.211. The van der Waals surface area contributed by atoms with Gasteiger partial charge < -0.3 is 9.32 Å². The summed E-state index contributed by atoms with van der Waals surface area (Å²) in [6.07, 6.45) is 2.50. The molecule has 4 rings (SSSR count). The van der Waals surface area contributed by atoms with Gasteiger partial charge >= 0.3 is 0 Å². The molecular formula is C19H17NO2. The van der Waals surface area contributed by atoms with Crippen LogP contribution in [0.4, 0.5) is 5.69 Å². The Balaban J connectivity index is 1.61. The van der Waals surface area contributed by atoms with Crippen molar-refractivity contribution in [3.05, 3.63) is 65.9 Å². The molecule has 0 spiro atoms. The molecule has 1 aromatic heterocycles. The second kappa shape index (κ2) is 5.34. The van der Waals surface area contributed by atoms with Gasteiger partial charge in [0.2, 0.25) is 5.78 Å². The van der Waals surface area contributed by atoms with Gasteiger partial charge in [-0.1, -0.05) is 18.2 Å². The Morgan fingerprint density at radius 1 is 0.955 bits per heavy atom. The van der Waals surface area contributed by atoms with Crippen LogP contribution in [0.5, 0.6) is 0 Å². The fourth-order valence-corrected chi connectivity index (χ4v) is 3.03. The SMILES string of the molecule is O=C(c1ccc(N2CCCC2)cc1)c1cc2ccccc2o1. The Hall–Kier alpha value is -2.55. The van der Waals surface area contributed by atoms with Gasteiger partial charge in [-0.2, -0.15) is 0 Å². The number of rotatable bonds is 3. The van der Waals surface area contributed by atoms with Crippen LogP contribution in [-0.2, 0) is 0 Å². The zero-order chi connectivity index (χ0) is 14.9. The van der Waals surface area contributed by atoms with Gasteiger partial charge in [0.05, 0.1) is 0 Å². The lowest BCUT2D eigenvalue weighted by molar-refractivity contribution is 0.101. The minimum atomic E-state index is -0.0656. The molecule has 0 atom stereocenters. The maximum absolute atomic E-state index is 12.5. The largest absolute Gasteiger partial charge is 0.453 e. The summed E-state index contributed by atoms with van der Waals surface area (Å²) in [4.78, 5) is 14.9. The predicted octanol–water partition coefficient (Wildman–Crippen LogP) is 4.26. The van der Waals surface area contributed by atoms with E-state index in [0.29, 0.717) is 11.3 Å². The van der Waals surface area contributed by atoms with E-state index in [1.807, 2.05) is 54.6 Å². The Morgan fingerprint density at radius 3 is 2.41 bits per heavy atom. The second-order valence-electron chi connectivity index (χ2n) is 5.72. The number of carbonyl (C=O) groups excluding carboxylic acids is 1. The highest BCUT2D eigenvalue weighted by Gasteiger charge is 2.16. The topological polar surface area (TPSA) is 33.5 Å². The molecule has 1 fully saturated rings. The van der Waals surface area contributed by atoms with Crippen LogP contribution in [0, 0.1) is 0 Å². The van der Waals surface area contributed by atoms with E-state index in [1.54, 1.807) is 0 Å². The molecule has 1 aliphatic heterocycles. The number of ketones is 1. The molecule has 110 valence electrons. The summed E-state index contributed by atoms with van der Waals surface area (Å²) in [7, 11) is 0. The molecule has 3 aromatic rings. The molecule has 22 heavy (non-hydrogen) atoms. The van der Waals surface area contributed by atoms with Gasteiger partial charge in [-0.05, 0) is 49.2 Å². The highest BCUT2D eigenvalue weighted by atomic mass is 16.3. The third kappa shape index (κ3) is 2.29. The number of para-hydroxylation sites is 1. The smallest absolute Gasteiger partial charge is 0.228 e. The van der Waals surface area contributed by atoms with Crippen LogP contribution in [0.1, 0.15) is 29.0 Å². The van der Waals surface area contributed by atoms with Crippen LogP contribution in [0.25, 0.3) is 11.0 Å². The summed E-state index contributed by atoms with van der Waals surface area (Å²) in [5.74, 6) is 0.333. The van der Waals surface area contributed by atoms with Crippen molar-refractivity contribution in [1.82, 2.24) is 0 Å². The minimum Gasteiger partial charge on any atom is -0.453 e.